The van der Waals surface area contributed by atoms with Gasteiger partial charge in [0.05, 0.1) is 5.41 Å². The first-order valence-corrected chi connectivity index (χ1v) is 11.8. The van der Waals surface area contributed by atoms with Crippen LogP contribution < -0.4 is 5.32 Å². The monoisotopic (exact) mass is 396 g/mol. The van der Waals surface area contributed by atoms with Crippen molar-refractivity contribution in [1.29, 1.82) is 0 Å². The molecule has 5 fully saturated rings. The van der Waals surface area contributed by atoms with E-state index in [1.165, 1.54) is 31.3 Å². The standard InChI is InChI=1S/C26H40N2O/c1-5-7-8-9-20(3)25-15-21-14-24(6-2,17-25)18-26(16-21,19-25)23(29)28(4)22-10-12-27-13-11-22/h5,7-9,21-22,27H,3,6,10-19H2,1-2,4H3/b7-5-,9-8-/t21?,24-,25-,26?/m1/s1. The average Bonchev–Trinajstić information content (AvgIpc) is 2.72. The van der Waals surface area contributed by atoms with Gasteiger partial charge in [-0.15, -0.1) is 0 Å². The zero-order valence-corrected chi connectivity index (χ0v) is 18.8. The third kappa shape index (κ3) is 3.54. The molecule has 0 aromatic carbocycles. The molecule has 2 unspecified atom stereocenters. The molecule has 0 spiro atoms. The molecule has 1 N–H and O–H groups in total. The topological polar surface area (TPSA) is 32.3 Å². The highest BCUT2D eigenvalue weighted by Gasteiger charge is 2.65. The van der Waals surface area contributed by atoms with E-state index in [0.717, 1.165) is 45.2 Å². The van der Waals surface area contributed by atoms with Crippen LogP contribution in [0.1, 0.15) is 71.6 Å². The van der Waals surface area contributed by atoms with E-state index in [2.05, 4.69) is 55.1 Å². The van der Waals surface area contributed by atoms with Crippen molar-refractivity contribution in [1.82, 2.24) is 10.2 Å². The van der Waals surface area contributed by atoms with Gasteiger partial charge in [0, 0.05) is 13.1 Å². The molecule has 4 atom stereocenters. The minimum absolute atomic E-state index is 0.123. The van der Waals surface area contributed by atoms with Gasteiger partial charge in [-0.2, -0.15) is 0 Å². The highest BCUT2D eigenvalue weighted by atomic mass is 16.2. The maximum absolute atomic E-state index is 14.0. The third-order valence-corrected chi connectivity index (χ3v) is 8.85. The Labute approximate surface area is 177 Å². The Morgan fingerprint density at radius 1 is 1.10 bits per heavy atom. The molecule has 4 aliphatic carbocycles. The normalized spacial score (nSPS) is 39.5. The fourth-order valence-electron chi connectivity index (χ4n) is 7.82. The van der Waals surface area contributed by atoms with Crippen molar-refractivity contribution in [2.24, 2.45) is 22.2 Å². The molecule has 0 aromatic rings. The van der Waals surface area contributed by atoms with Crippen LogP contribution in [0.2, 0.25) is 0 Å². The second-order valence-electron chi connectivity index (χ2n) is 10.7. The lowest BCUT2D eigenvalue weighted by Crippen LogP contribution is -2.62. The summed E-state index contributed by atoms with van der Waals surface area (Å²) in [6, 6.07) is 0.406. The highest BCUT2D eigenvalue weighted by Crippen LogP contribution is 2.72. The van der Waals surface area contributed by atoms with Crippen LogP contribution in [-0.4, -0.2) is 37.0 Å². The van der Waals surface area contributed by atoms with E-state index >= 15 is 0 Å². The molecular formula is C26H40N2O. The molecule has 5 rings (SSSR count). The number of carbonyl (C=O) groups is 1. The second-order valence-corrected chi connectivity index (χ2v) is 10.7. The Balaban J connectivity index is 1.65. The number of hydrogen-bond acceptors (Lipinski definition) is 2. The summed E-state index contributed by atoms with van der Waals surface area (Å²) in [4.78, 5) is 16.2. The number of nitrogens with zero attached hydrogens (tertiary/aromatic N) is 1. The molecule has 1 saturated heterocycles. The number of piperidine rings is 1. The Morgan fingerprint density at radius 3 is 2.48 bits per heavy atom. The minimum Gasteiger partial charge on any atom is -0.342 e. The van der Waals surface area contributed by atoms with Crippen LogP contribution in [0.5, 0.6) is 0 Å². The van der Waals surface area contributed by atoms with E-state index in [-0.39, 0.29) is 10.8 Å². The van der Waals surface area contributed by atoms with Crippen LogP contribution in [-0.2, 0) is 4.79 Å². The molecule has 1 heterocycles. The molecule has 5 aliphatic rings. The van der Waals surface area contributed by atoms with E-state index in [1.807, 2.05) is 6.92 Å². The molecule has 160 valence electrons. The van der Waals surface area contributed by atoms with Gasteiger partial charge in [-0.25, -0.2) is 0 Å². The van der Waals surface area contributed by atoms with Crippen LogP contribution in [0.4, 0.5) is 0 Å². The Morgan fingerprint density at radius 2 is 1.79 bits per heavy atom. The highest BCUT2D eigenvalue weighted by molar-refractivity contribution is 5.84. The number of rotatable bonds is 6. The van der Waals surface area contributed by atoms with Gasteiger partial charge in [0.1, 0.15) is 0 Å². The van der Waals surface area contributed by atoms with Crippen molar-refractivity contribution in [3.05, 3.63) is 36.5 Å². The van der Waals surface area contributed by atoms with Gasteiger partial charge in [0.15, 0.2) is 0 Å². The summed E-state index contributed by atoms with van der Waals surface area (Å²) in [5.41, 5.74) is 1.56. The Bertz CT molecular complexity index is 718. The smallest absolute Gasteiger partial charge is 0.228 e. The summed E-state index contributed by atoms with van der Waals surface area (Å²) < 4.78 is 0. The summed E-state index contributed by atoms with van der Waals surface area (Å²) in [6.07, 6.45) is 18.9. The van der Waals surface area contributed by atoms with Gasteiger partial charge in [0.25, 0.3) is 0 Å². The number of nitrogens with one attached hydrogen (secondary N) is 1. The molecule has 0 radical (unpaired) electrons. The van der Waals surface area contributed by atoms with E-state index in [9.17, 15) is 4.79 Å². The van der Waals surface area contributed by atoms with Crippen molar-refractivity contribution >= 4 is 5.91 Å². The number of allylic oxidation sites excluding steroid dienone is 5. The van der Waals surface area contributed by atoms with Crippen molar-refractivity contribution in [3.8, 4) is 0 Å². The first-order chi connectivity index (χ1) is 13.9. The lowest BCUT2D eigenvalue weighted by Gasteiger charge is -2.67. The molecule has 3 nitrogen and oxygen atoms in total. The molecular weight excluding hydrogens is 356 g/mol. The Hall–Kier alpha value is -1.35. The fourth-order valence-corrected chi connectivity index (χ4v) is 7.82. The fraction of sp³-hybridized carbons (Fsp3) is 0.731. The van der Waals surface area contributed by atoms with Gasteiger partial charge < -0.3 is 10.2 Å². The zero-order valence-electron chi connectivity index (χ0n) is 18.8. The van der Waals surface area contributed by atoms with Gasteiger partial charge in [0.2, 0.25) is 5.91 Å². The summed E-state index contributed by atoms with van der Waals surface area (Å²) >= 11 is 0. The third-order valence-electron chi connectivity index (χ3n) is 8.85. The predicted octanol–water partition coefficient (Wildman–Crippen LogP) is 5.25. The molecule has 4 bridgehead atoms. The van der Waals surface area contributed by atoms with E-state index in [4.69, 9.17) is 0 Å². The summed E-state index contributed by atoms with van der Waals surface area (Å²) in [6.45, 7) is 11.0. The predicted molar refractivity (Wildman–Crippen MR) is 121 cm³/mol. The largest absolute Gasteiger partial charge is 0.342 e. The number of hydrogen-bond donors (Lipinski definition) is 1. The van der Waals surface area contributed by atoms with E-state index in [1.54, 1.807) is 0 Å². The molecule has 3 heteroatoms. The summed E-state index contributed by atoms with van der Waals surface area (Å²) in [7, 11) is 2.09. The van der Waals surface area contributed by atoms with Crippen LogP contribution in [0.3, 0.4) is 0 Å². The summed E-state index contributed by atoms with van der Waals surface area (Å²) in [5, 5.41) is 3.44. The minimum atomic E-state index is -0.160. The maximum Gasteiger partial charge on any atom is 0.228 e. The quantitative estimate of drug-likeness (QED) is 0.622. The van der Waals surface area contributed by atoms with Crippen molar-refractivity contribution < 1.29 is 4.79 Å². The average molecular weight is 397 g/mol. The van der Waals surface area contributed by atoms with Crippen LogP contribution in [0.25, 0.3) is 0 Å². The maximum atomic E-state index is 14.0. The molecule has 0 aromatic heterocycles. The molecule has 1 amide bonds. The van der Waals surface area contributed by atoms with Gasteiger partial charge in [-0.3, -0.25) is 4.79 Å². The Kier molecular flexibility index (Phi) is 5.57. The molecule has 29 heavy (non-hydrogen) atoms. The van der Waals surface area contributed by atoms with Crippen LogP contribution >= 0.6 is 0 Å². The van der Waals surface area contributed by atoms with Crippen molar-refractivity contribution in [2.75, 3.05) is 20.1 Å². The lowest BCUT2D eigenvalue weighted by atomic mass is 9.37. The van der Waals surface area contributed by atoms with Crippen molar-refractivity contribution in [3.63, 3.8) is 0 Å². The first-order valence-electron chi connectivity index (χ1n) is 11.8. The van der Waals surface area contributed by atoms with Gasteiger partial charge in [-0.05, 0) is 93.7 Å². The van der Waals surface area contributed by atoms with Gasteiger partial charge in [-0.1, -0.05) is 44.2 Å². The SMILES string of the molecule is C=C(/C=C\C=C/C)[C@]12CC3CC(C(=O)N(C)C4CCNCC4)(C[C@](CC)(C3)C1)C2. The molecule has 1 aliphatic heterocycles. The van der Waals surface area contributed by atoms with Crippen LogP contribution in [0, 0.1) is 22.2 Å². The first kappa shape index (κ1) is 20.9. The zero-order chi connectivity index (χ0) is 20.7. The van der Waals surface area contributed by atoms with Crippen LogP contribution in [0.15, 0.2) is 36.5 Å². The molecule has 4 saturated carbocycles. The number of amides is 1. The van der Waals surface area contributed by atoms with Crippen molar-refractivity contribution in [2.45, 2.75) is 77.7 Å². The van der Waals surface area contributed by atoms with E-state index in [0.29, 0.717) is 23.3 Å². The summed E-state index contributed by atoms with van der Waals surface area (Å²) in [5.74, 6) is 1.13. The lowest BCUT2D eigenvalue weighted by molar-refractivity contribution is -0.180. The van der Waals surface area contributed by atoms with E-state index < -0.39 is 0 Å². The van der Waals surface area contributed by atoms with Gasteiger partial charge >= 0.3 is 0 Å². The second kappa shape index (κ2) is 7.72. The number of carbonyl (C=O) groups excluding carboxylic acids is 1.